The van der Waals surface area contributed by atoms with Crippen molar-refractivity contribution in [3.8, 4) is 0 Å². The molecule has 0 aromatic heterocycles. The van der Waals surface area contributed by atoms with Crippen molar-refractivity contribution in [3.63, 3.8) is 0 Å². The van der Waals surface area contributed by atoms with Gasteiger partial charge >= 0.3 is 0 Å². The highest BCUT2D eigenvalue weighted by atomic mass is 16.8. The lowest BCUT2D eigenvalue weighted by Crippen LogP contribution is -2.47. The second kappa shape index (κ2) is 13.9. The molecule has 0 radical (unpaired) electrons. The van der Waals surface area contributed by atoms with Gasteiger partial charge in [0.1, 0.15) is 30.5 Å². The largest absolute Gasteiger partial charge is 0.390 e. The van der Waals surface area contributed by atoms with E-state index in [9.17, 15) is 5.11 Å². The second-order valence-electron chi connectivity index (χ2n) is 12.4. The monoisotopic (exact) mass is 598 g/mol. The van der Waals surface area contributed by atoms with Crippen molar-refractivity contribution in [1.82, 2.24) is 0 Å². The third-order valence-corrected chi connectivity index (χ3v) is 8.21. The Morgan fingerprint density at radius 1 is 0.884 bits per heavy atom. The molecule has 9 atom stereocenters. The average Bonchev–Trinajstić information content (AvgIpc) is 3.65. The molecule has 0 saturated carbocycles. The van der Waals surface area contributed by atoms with Gasteiger partial charge in [0.15, 0.2) is 17.9 Å². The van der Waals surface area contributed by atoms with Gasteiger partial charge in [-0.05, 0) is 45.2 Å². The van der Waals surface area contributed by atoms with E-state index in [-0.39, 0.29) is 6.10 Å². The van der Waals surface area contributed by atoms with E-state index >= 15 is 0 Å². The minimum absolute atomic E-state index is 0.343. The molecule has 9 nitrogen and oxygen atoms in total. The standard InChI is InChI=1S/C34H46O9/c1-7-24(27(35)30-29(42-34(4,5)43-30)26-21-39-33(2,3)41-26)18-25-28(37-19-22-14-10-8-11-15-22)31(32(36-6)40-25)38-20-23-16-12-9-13-17-23/h7-17,24-32,35H,1,18-21H2,2-6H3/t24-,25-,26-,27+,28-,29+,30-,31-,32-/m1/s1. The van der Waals surface area contributed by atoms with Crippen LogP contribution in [0.15, 0.2) is 73.3 Å². The van der Waals surface area contributed by atoms with E-state index in [0.717, 1.165) is 11.1 Å². The first-order valence-corrected chi connectivity index (χ1v) is 15.1. The van der Waals surface area contributed by atoms with Crippen molar-refractivity contribution < 1.29 is 43.0 Å². The van der Waals surface area contributed by atoms with Gasteiger partial charge in [-0.2, -0.15) is 0 Å². The molecule has 43 heavy (non-hydrogen) atoms. The normalized spacial score (nSPS) is 32.9. The fourth-order valence-electron chi connectivity index (χ4n) is 6.11. The number of rotatable bonds is 13. The zero-order chi connectivity index (χ0) is 30.6. The van der Waals surface area contributed by atoms with Crippen LogP contribution in [0.3, 0.4) is 0 Å². The highest BCUT2D eigenvalue weighted by Crippen LogP contribution is 2.40. The zero-order valence-electron chi connectivity index (χ0n) is 25.8. The third-order valence-electron chi connectivity index (χ3n) is 8.21. The summed E-state index contributed by atoms with van der Waals surface area (Å²) in [7, 11) is 1.60. The molecule has 2 aromatic rings. The maximum Gasteiger partial charge on any atom is 0.186 e. The predicted octanol–water partition coefficient (Wildman–Crippen LogP) is 4.75. The third kappa shape index (κ3) is 7.92. The van der Waals surface area contributed by atoms with Crippen LogP contribution in [0.25, 0.3) is 0 Å². The van der Waals surface area contributed by atoms with Crippen LogP contribution in [-0.2, 0) is 51.1 Å². The van der Waals surface area contributed by atoms with E-state index in [2.05, 4.69) is 6.58 Å². The minimum Gasteiger partial charge on any atom is -0.390 e. The summed E-state index contributed by atoms with van der Waals surface area (Å²) in [6, 6.07) is 19.9. The maximum atomic E-state index is 11.8. The van der Waals surface area contributed by atoms with Gasteiger partial charge in [0.2, 0.25) is 0 Å². The van der Waals surface area contributed by atoms with Crippen molar-refractivity contribution in [2.75, 3.05) is 13.7 Å². The topological polar surface area (TPSA) is 94.1 Å². The molecule has 3 fully saturated rings. The summed E-state index contributed by atoms with van der Waals surface area (Å²) in [5.74, 6) is -2.06. The molecule has 3 saturated heterocycles. The molecule has 0 spiro atoms. The Bertz CT molecular complexity index is 1160. The van der Waals surface area contributed by atoms with E-state index in [1.165, 1.54) is 0 Å². The van der Waals surface area contributed by atoms with E-state index in [0.29, 0.717) is 26.2 Å². The van der Waals surface area contributed by atoms with Crippen LogP contribution in [0.5, 0.6) is 0 Å². The molecule has 5 rings (SSSR count). The number of aliphatic hydroxyl groups is 1. The summed E-state index contributed by atoms with van der Waals surface area (Å²) in [5, 5.41) is 11.8. The zero-order valence-corrected chi connectivity index (χ0v) is 25.8. The van der Waals surface area contributed by atoms with Crippen LogP contribution in [0.2, 0.25) is 0 Å². The van der Waals surface area contributed by atoms with Gasteiger partial charge in [-0.25, -0.2) is 0 Å². The molecule has 0 amide bonds. The summed E-state index contributed by atoms with van der Waals surface area (Å²) in [4.78, 5) is 0. The first kappa shape index (κ1) is 32.2. The quantitative estimate of drug-likeness (QED) is 0.328. The van der Waals surface area contributed by atoms with E-state index in [1.54, 1.807) is 13.2 Å². The SMILES string of the molecule is C=C[C@H](C[C@H]1O[C@@H](OC)[C@H](OCc2ccccc2)[C@@H]1OCc1ccccc1)[C@H](O)[C@H]1OC(C)(C)O[C@H]1[C@H]1COC(C)(C)O1. The molecule has 236 valence electrons. The molecule has 9 heteroatoms. The van der Waals surface area contributed by atoms with Gasteiger partial charge in [0.05, 0.1) is 32.0 Å². The first-order chi connectivity index (χ1) is 20.6. The van der Waals surface area contributed by atoms with Crippen molar-refractivity contribution in [2.24, 2.45) is 5.92 Å². The van der Waals surface area contributed by atoms with Crippen LogP contribution < -0.4 is 0 Å². The van der Waals surface area contributed by atoms with Crippen molar-refractivity contribution >= 4 is 0 Å². The highest BCUT2D eigenvalue weighted by molar-refractivity contribution is 5.15. The first-order valence-electron chi connectivity index (χ1n) is 15.1. The smallest absolute Gasteiger partial charge is 0.186 e. The van der Waals surface area contributed by atoms with Gasteiger partial charge < -0.3 is 43.0 Å². The van der Waals surface area contributed by atoms with E-state index in [4.69, 9.17) is 37.9 Å². The van der Waals surface area contributed by atoms with Crippen LogP contribution in [-0.4, -0.2) is 79.4 Å². The summed E-state index contributed by atoms with van der Waals surface area (Å²) in [6.07, 6.45) is -2.48. The number of ether oxygens (including phenoxy) is 8. The fraction of sp³-hybridized carbons (Fsp3) is 0.588. The Morgan fingerprint density at radius 2 is 1.49 bits per heavy atom. The van der Waals surface area contributed by atoms with Gasteiger partial charge in [-0.1, -0.05) is 66.7 Å². The Balaban J connectivity index is 1.33. The molecule has 0 aliphatic carbocycles. The summed E-state index contributed by atoms with van der Waals surface area (Å²) >= 11 is 0. The molecule has 3 heterocycles. The van der Waals surface area contributed by atoms with Gasteiger partial charge in [-0.15, -0.1) is 6.58 Å². The number of aliphatic hydroxyl groups excluding tert-OH is 1. The molecule has 3 aliphatic heterocycles. The fourth-order valence-corrected chi connectivity index (χ4v) is 6.11. The highest BCUT2D eigenvalue weighted by Gasteiger charge is 2.54. The van der Waals surface area contributed by atoms with Crippen molar-refractivity contribution in [3.05, 3.63) is 84.4 Å². The Morgan fingerprint density at radius 3 is 2.02 bits per heavy atom. The Hall–Kier alpha value is -2.18. The maximum absolute atomic E-state index is 11.8. The molecule has 0 unspecified atom stereocenters. The average molecular weight is 599 g/mol. The van der Waals surface area contributed by atoms with Gasteiger partial charge in [0.25, 0.3) is 0 Å². The molecule has 1 N–H and O–H groups in total. The van der Waals surface area contributed by atoms with Crippen LogP contribution >= 0.6 is 0 Å². The summed E-state index contributed by atoms with van der Waals surface area (Å²) < 4.78 is 49.5. The van der Waals surface area contributed by atoms with Crippen molar-refractivity contribution in [2.45, 2.75) is 108 Å². The number of benzene rings is 2. The molecule has 3 aliphatic rings. The summed E-state index contributed by atoms with van der Waals surface area (Å²) in [5.41, 5.74) is 2.07. The molecular weight excluding hydrogens is 552 g/mol. The lowest BCUT2D eigenvalue weighted by atomic mass is 9.87. The van der Waals surface area contributed by atoms with Crippen molar-refractivity contribution in [1.29, 1.82) is 0 Å². The molecule has 2 aromatic carbocycles. The number of hydrogen-bond acceptors (Lipinski definition) is 9. The number of hydrogen-bond donors (Lipinski definition) is 1. The molecule has 0 bridgehead atoms. The lowest BCUT2D eigenvalue weighted by molar-refractivity contribution is -0.176. The Kier molecular flexibility index (Phi) is 10.4. The van der Waals surface area contributed by atoms with Gasteiger partial charge in [-0.3, -0.25) is 0 Å². The Labute approximate surface area is 255 Å². The minimum atomic E-state index is -0.958. The van der Waals surface area contributed by atoms with E-state index < -0.39 is 60.4 Å². The lowest BCUT2D eigenvalue weighted by Gasteiger charge is -2.32. The van der Waals surface area contributed by atoms with Crippen LogP contribution in [0.4, 0.5) is 0 Å². The molecular formula is C34H46O9. The number of methoxy groups -OCH3 is 1. The van der Waals surface area contributed by atoms with E-state index in [1.807, 2.05) is 88.4 Å². The summed E-state index contributed by atoms with van der Waals surface area (Å²) in [6.45, 7) is 12.6. The van der Waals surface area contributed by atoms with Crippen LogP contribution in [0.1, 0.15) is 45.2 Å². The van der Waals surface area contributed by atoms with Gasteiger partial charge in [0, 0.05) is 13.0 Å². The van der Waals surface area contributed by atoms with Crippen LogP contribution in [0, 0.1) is 5.92 Å². The second-order valence-corrected chi connectivity index (χ2v) is 12.4. The predicted molar refractivity (Wildman–Crippen MR) is 159 cm³/mol.